The molecule has 1 atom stereocenters. The molecule has 2 aromatic carbocycles. The largest absolute Gasteiger partial charge is 0.354 e. The van der Waals surface area contributed by atoms with Crippen LogP contribution in [-0.4, -0.2) is 50.5 Å². The van der Waals surface area contributed by atoms with Gasteiger partial charge in [-0.2, -0.15) is 0 Å². The molecule has 0 heterocycles. The molecule has 7 nitrogen and oxygen atoms in total. The zero-order chi connectivity index (χ0) is 31.8. The maximum absolute atomic E-state index is 14.1. The molecule has 0 aliphatic heterocycles. The fourth-order valence-corrected chi connectivity index (χ4v) is 9.62. The van der Waals surface area contributed by atoms with E-state index in [2.05, 4.69) is 17.4 Å². The highest BCUT2D eigenvalue weighted by molar-refractivity contribution is 7.92. The van der Waals surface area contributed by atoms with Crippen LogP contribution < -0.4 is 9.62 Å². The molecule has 0 saturated heterocycles. The molecule has 2 amide bonds. The summed E-state index contributed by atoms with van der Waals surface area (Å²) in [4.78, 5) is 28.8. The number of amides is 2. The second-order valence-electron chi connectivity index (χ2n) is 13.8. The lowest BCUT2D eigenvalue weighted by atomic mass is 9.48. The number of benzene rings is 2. The zero-order valence-electron chi connectivity index (χ0n) is 26.2. The molecule has 4 bridgehead atoms. The van der Waals surface area contributed by atoms with Crippen molar-refractivity contribution in [1.82, 2.24) is 10.2 Å². The minimum atomic E-state index is -3.83. The van der Waals surface area contributed by atoms with Crippen LogP contribution in [0, 0.1) is 23.7 Å². The van der Waals surface area contributed by atoms with Gasteiger partial charge in [0.25, 0.3) is 0 Å². The number of carbonyl (C=O) groups is 2. The highest BCUT2D eigenvalue weighted by atomic mass is 35.5. The zero-order valence-corrected chi connectivity index (χ0v) is 28.5. The topological polar surface area (TPSA) is 86.8 Å². The summed E-state index contributed by atoms with van der Waals surface area (Å²) >= 11 is 13.0. The van der Waals surface area contributed by atoms with Gasteiger partial charge >= 0.3 is 0 Å². The van der Waals surface area contributed by atoms with Crippen molar-refractivity contribution in [2.24, 2.45) is 23.7 Å². The monoisotopic (exact) mass is 661 g/mol. The van der Waals surface area contributed by atoms with Crippen molar-refractivity contribution in [2.75, 3.05) is 23.7 Å². The maximum atomic E-state index is 14.1. The Hall–Kier alpha value is -2.29. The Bertz CT molecular complexity index is 1420. The highest BCUT2D eigenvalue weighted by Gasteiger charge is 2.51. The molecule has 4 fully saturated rings. The molecule has 4 aliphatic carbocycles. The van der Waals surface area contributed by atoms with Crippen LogP contribution >= 0.6 is 23.2 Å². The van der Waals surface area contributed by atoms with Crippen LogP contribution in [0.4, 0.5) is 5.69 Å². The predicted octanol–water partition coefficient (Wildman–Crippen LogP) is 6.81. The molecule has 0 spiro atoms. The Balaban J connectivity index is 1.42. The SMILES string of the molecule is CCC(C(=O)NCC(C)C)N(Cc1c(Cl)cccc1Cl)C(=O)CN(c1ccc(C23CC4CC(CC(C4)C2)C3)cc1)S(C)(=O)=O. The standard InChI is InChI=1S/C34H45Cl2N3O4S/c1-5-31(33(41)37-19-22(2)3)38(20-28-29(35)7-6-8-30(28)36)32(40)21-39(44(4,42)43)27-11-9-26(10-12-27)34-16-23-13-24(17-34)15-25(14-23)18-34/h6-12,22-25,31H,5,13-21H2,1-4H3,(H,37,41). The van der Waals surface area contributed by atoms with E-state index in [-0.39, 0.29) is 23.8 Å². The van der Waals surface area contributed by atoms with Gasteiger partial charge in [-0.3, -0.25) is 13.9 Å². The molecule has 0 aromatic heterocycles. The van der Waals surface area contributed by atoms with Gasteiger partial charge in [0.2, 0.25) is 21.8 Å². The third kappa shape index (κ3) is 7.07. The van der Waals surface area contributed by atoms with E-state index >= 15 is 0 Å². The highest BCUT2D eigenvalue weighted by Crippen LogP contribution is 2.60. The van der Waals surface area contributed by atoms with Gasteiger partial charge < -0.3 is 10.2 Å². The first kappa shape index (κ1) is 33.1. The van der Waals surface area contributed by atoms with Crippen molar-refractivity contribution in [3.05, 3.63) is 63.6 Å². The Kier molecular flexibility index (Phi) is 9.93. The number of anilines is 1. The molecular formula is C34H45Cl2N3O4S. The predicted molar refractivity (Wildman–Crippen MR) is 177 cm³/mol. The normalized spacial score (nSPS) is 24.8. The summed E-state index contributed by atoms with van der Waals surface area (Å²) in [7, 11) is -3.83. The van der Waals surface area contributed by atoms with E-state index in [1.54, 1.807) is 18.2 Å². The van der Waals surface area contributed by atoms with E-state index in [1.165, 1.54) is 49.0 Å². The van der Waals surface area contributed by atoms with Crippen LogP contribution in [0.5, 0.6) is 0 Å². The van der Waals surface area contributed by atoms with Crippen molar-refractivity contribution in [3.63, 3.8) is 0 Å². The molecule has 4 saturated carbocycles. The molecule has 10 heteroatoms. The fourth-order valence-electron chi connectivity index (χ4n) is 8.25. The van der Waals surface area contributed by atoms with Gasteiger partial charge in [-0.05, 0) is 104 Å². The van der Waals surface area contributed by atoms with Crippen molar-refractivity contribution in [1.29, 1.82) is 0 Å². The minimum Gasteiger partial charge on any atom is -0.354 e. The number of nitrogens with zero attached hydrogens (tertiary/aromatic N) is 2. The van der Waals surface area contributed by atoms with Crippen LogP contribution in [0.1, 0.15) is 76.8 Å². The first-order chi connectivity index (χ1) is 20.8. The number of hydrogen-bond donors (Lipinski definition) is 1. The van der Waals surface area contributed by atoms with Crippen molar-refractivity contribution < 1.29 is 18.0 Å². The number of hydrogen-bond acceptors (Lipinski definition) is 4. The van der Waals surface area contributed by atoms with Gasteiger partial charge in [-0.15, -0.1) is 0 Å². The molecule has 4 aliphatic rings. The number of carbonyl (C=O) groups excluding carboxylic acids is 2. The van der Waals surface area contributed by atoms with Gasteiger partial charge in [-0.1, -0.05) is 62.2 Å². The quantitative estimate of drug-likeness (QED) is 0.271. The van der Waals surface area contributed by atoms with Gasteiger partial charge in [0.1, 0.15) is 12.6 Å². The van der Waals surface area contributed by atoms with E-state index in [0.29, 0.717) is 34.3 Å². The van der Waals surface area contributed by atoms with Gasteiger partial charge in [-0.25, -0.2) is 8.42 Å². The number of halogens is 2. The lowest BCUT2D eigenvalue weighted by Crippen LogP contribution is -2.52. The average Bonchev–Trinajstić information content (AvgIpc) is 2.95. The summed E-state index contributed by atoms with van der Waals surface area (Å²) in [5.41, 5.74) is 2.40. The Morgan fingerprint density at radius 2 is 1.50 bits per heavy atom. The van der Waals surface area contributed by atoms with Gasteiger partial charge in [0.05, 0.1) is 11.9 Å². The molecule has 6 rings (SSSR count). The van der Waals surface area contributed by atoms with E-state index in [0.717, 1.165) is 28.3 Å². The summed E-state index contributed by atoms with van der Waals surface area (Å²) in [5, 5.41) is 3.67. The van der Waals surface area contributed by atoms with Crippen molar-refractivity contribution in [2.45, 2.75) is 83.7 Å². The lowest BCUT2D eigenvalue weighted by Gasteiger charge is -2.57. The molecule has 1 N–H and O–H groups in total. The number of nitrogens with one attached hydrogen (secondary N) is 1. The molecule has 240 valence electrons. The third-order valence-electron chi connectivity index (χ3n) is 9.95. The van der Waals surface area contributed by atoms with Gasteiger partial charge in [0.15, 0.2) is 0 Å². The Morgan fingerprint density at radius 1 is 0.955 bits per heavy atom. The second kappa shape index (κ2) is 13.2. The molecule has 0 radical (unpaired) electrons. The maximum Gasteiger partial charge on any atom is 0.244 e. The first-order valence-corrected chi connectivity index (χ1v) is 18.5. The summed E-state index contributed by atoms with van der Waals surface area (Å²) < 4.78 is 27.4. The summed E-state index contributed by atoms with van der Waals surface area (Å²) in [6, 6.07) is 12.0. The Morgan fingerprint density at radius 3 is 1.98 bits per heavy atom. The van der Waals surface area contributed by atoms with Crippen LogP contribution in [-0.2, 0) is 31.6 Å². The van der Waals surface area contributed by atoms with E-state index < -0.39 is 28.5 Å². The summed E-state index contributed by atoms with van der Waals surface area (Å²) in [5.74, 6) is 1.81. The molecule has 44 heavy (non-hydrogen) atoms. The van der Waals surface area contributed by atoms with Crippen molar-refractivity contribution in [3.8, 4) is 0 Å². The van der Waals surface area contributed by atoms with Crippen molar-refractivity contribution >= 4 is 50.7 Å². The third-order valence-corrected chi connectivity index (χ3v) is 11.8. The Labute approximate surface area is 272 Å². The fraction of sp³-hybridized carbons (Fsp3) is 0.588. The molecule has 1 unspecified atom stereocenters. The van der Waals surface area contributed by atoms with Crippen LogP contribution in [0.15, 0.2) is 42.5 Å². The van der Waals surface area contributed by atoms with Crippen LogP contribution in [0.3, 0.4) is 0 Å². The molecular weight excluding hydrogens is 617 g/mol. The smallest absolute Gasteiger partial charge is 0.244 e. The lowest BCUT2D eigenvalue weighted by molar-refractivity contribution is -0.140. The second-order valence-corrected chi connectivity index (χ2v) is 16.5. The number of sulfonamides is 1. The summed E-state index contributed by atoms with van der Waals surface area (Å²) in [6.07, 6.45) is 9.13. The summed E-state index contributed by atoms with van der Waals surface area (Å²) in [6.45, 7) is 5.78. The van der Waals surface area contributed by atoms with E-state index in [4.69, 9.17) is 23.2 Å². The van der Waals surface area contributed by atoms with E-state index in [9.17, 15) is 18.0 Å². The average molecular weight is 663 g/mol. The van der Waals surface area contributed by atoms with E-state index in [1.807, 2.05) is 32.9 Å². The van der Waals surface area contributed by atoms with Gasteiger partial charge in [0, 0.05) is 28.7 Å². The number of rotatable bonds is 12. The molecule has 2 aromatic rings. The minimum absolute atomic E-state index is 0.0342. The first-order valence-electron chi connectivity index (χ1n) is 15.9. The van der Waals surface area contributed by atoms with Crippen LogP contribution in [0.2, 0.25) is 10.0 Å². The van der Waals surface area contributed by atoms with Crippen LogP contribution in [0.25, 0.3) is 0 Å².